The maximum atomic E-state index is 12.5. The molecule has 0 radical (unpaired) electrons. The molecule has 0 aliphatic heterocycles. The first kappa shape index (κ1) is 17.2. The van der Waals surface area contributed by atoms with E-state index in [0.29, 0.717) is 31.0 Å². The van der Waals surface area contributed by atoms with Crippen molar-refractivity contribution in [3.8, 4) is 0 Å². The van der Waals surface area contributed by atoms with Gasteiger partial charge >= 0.3 is 0 Å². The van der Waals surface area contributed by atoms with Crippen molar-refractivity contribution in [1.82, 2.24) is 19.1 Å². The summed E-state index contributed by atoms with van der Waals surface area (Å²) in [5.41, 5.74) is 0.658. The Labute approximate surface area is 136 Å². The Bertz CT molecular complexity index is 705. The van der Waals surface area contributed by atoms with Crippen LogP contribution in [-0.4, -0.2) is 33.8 Å². The fourth-order valence-corrected chi connectivity index (χ4v) is 3.09. The van der Waals surface area contributed by atoms with Crippen molar-refractivity contribution in [3.63, 3.8) is 0 Å². The predicted octanol–water partition coefficient (Wildman–Crippen LogP) is 2.97. The Morgan fingerprint density at radius 3 is 2.73 bits per heavy atom. The van der Waals surface area contributed by atoms with Crippen LogP contribution < -0.4 is 5.56 Å². The van der Waals surface area contributed by atoms with Crippen molar-refractivity contribution in [2.75, 3.05) is 6.61 Å². The van der Waals surface area contributed by atoms with Gasteiger partial charge in [0.15, 0.2) is 11.2 Å². The molecule has 0 aliphatic carbocycles. The normalized spacial score (nSPS) is 12.2. The molecule has 0 unspecified atom stereocenters. The van der Waals surface area contributed by atoms with E-state index in [1.807, 2.05) is 6.92 Å². The number of aromatic nitrogens is 4. The number of rotatable bonds is 7. The zero-order chi connectivity index (χ0) is 16.3. The van der Waals surface area contributed by atoms with Crippen molar-refractivity contribution in [2.24, 2.45) is 0 Å². The van der Waals surface area contributed by atoms with E-state index in [0.717, 1.165) is 12.5 Å². The van der Waals surface area contributed by atoms with Crippen LogP contribution in [0, 0.1) is 0 Å². The summed E-state index contributed by atoms with van der Waals surface area (Å²) in [5.74, 6) is 0. The average molecular weight is 343 g/mol. The highest BCUT2D eigenvalue weighted by Crippen LogP contribution is 2.12. The second kappa shape index (κ2) is 6.93. The molecule has 0 aromatic carbocycles. The second-order valence-corrected chi connectivity index (χ2v) is 12.5. The first-order chi connectivity index (χ1) is 10.3. The van der Waals surface area contributed by atoms with E-state index in [4.69, 9.17) is 16.3 Å². The molecular weight excluding hydrogens is 320 g/mol. The van der Waals surface area contributed by atoms with Crippen LogP contribution in [0.1, 0.15) is 13.3 Å². The fourth-order valence-electron chi connectivity index (χ4n) is 2.09. The van der Waals surface area contributed by atoms with Crippen LogP contribution in [-0.2, 0) is 18.0 Å². The molecular formula is C14H23ClN4O2Si. The number of ether oxygens (including phenoxy) is 1. The largest absolute Gasteiger partial charge is 0.361 e. The van der Waals surface area contributed by atoms with Gasteiger partial charge in [-0.15, -0.1) is 0 Å². The van der Waals surface area contributed by atoms with Crippen molar-refractivity contribution >= 4 is 30.8 Å². The molecule has 2 aromatic rings. The van der Waals surface area contributed by atoms with Gasteiger partial charge in [0.05, 0.1) is 6.33 Å². The summed E-state index contributed by atoms with van der Waals surface area (Å²) < 4.78 is 8.88. The van der Waals surface area contributed by atoms with E-state index in [-0.39, 0.29) is 10.8 Å². The molecule has 8 heteroatoms. The summed E-state index contributed by atoms with van der Waals surface area (Å²) in [7, 11) is -1.12. The third-order valence-electron chi connectivity index (χ3n) is 3.36. The third-order valence-corrected chi connectivity index (χ3v) is 5.35. The second-order valence-electron chi connectivity index (χ2n) is 6.57. The highest BCUT2D eigenvalue weighted by molar-refractivity contribution is 6.76. The summed E-state index contributed by atoms with van der Waals surface area (Å²) in [6.45, 7) is 10.5. The van der Waals surface area contributed by atoms with E-state index < -0.39 is 8.07 Å². The van der Waals surface area contributed by atoms with E-state index >= 15 is 0 Å². The monoisotopic (exact) mass is 342 g/mol. The molecule has 0 spiro atoms. The lowest BCUT2D eigenvalue weighted by Gasteiger charge is -2.15. The Balaban J connectivity index is 2.21. The van der Waals surface area contributed by atoms with Crippen LogP contribution in [0.5, 0.6) is 0 Å². The lowest BCUT2D eigenvalue weighted by Crippen LogP contribution is -2.25. The van der Waals surface area contributed by atoms with Gasteiger partial charge in [0.1, 0.15) is 6.73 Å². The van der Waals surface area contributed by atoms with Gasteiger partial charge in [-0.3, -0.25) is 9.36 Å². The minimum Gasteiger partial charge on any atom is -0.361 e. The van der Waals surface area contributed by atoms with Gasteiger partial charge < -0.3 is 9.30 Å². The standard InChI is InChI=1S/C14H23ClN4O2Si/c1-5-6-19-13(20)11-12(17-14(19)15)16-9-18(11)10-21-7-8-22(2,3)4/h9H,5-8,10H2,1-4H3. The molecule has 2 aromatic heterocycles. The number of halogens is 1. The van der Waals surface area contributed by atoms with Gasteiger partial charge in [0.25, 0.3) is 5.56 Å². The average Bonchev–Trinajstić information content (AvgIpc) is 2.81. The molecule has 6 nitrogen and oxygen atoms in total. The van der Waals surface area contributed by atoms with Crippen molar-refractivity contribution in [3.05, 3.63) is 22.0 Å². The highest BCUT2D eigenvalue weighted by Gasteiger charge is 2.15. The Morgan fingerprint density at radius 2 is 2.09 bits per heavy atom. The highest BCUT2D eigenvalue weighted by atomic mass is 35.5. The summed E-state index contributed by atoms with van der Waals surface area (Å²) in [6, 6.07) is 1.09. The van der Waals surface area contributed by atoms with Gasteiger partial charge in [0.2, 0.25) is 5.28 Å². The van der Waals surface area contributed by atoms with Crippen LogP contribution in [0.15, 0.2) is 11.1 Å². The zero-order valence-corrected chi connectivity index (χ0v) is 15.4. The van der Waals surface area contributed by atoms with Crippen LogP contribution in [0.3, 0.4) is 0 Å². The summed E-state index contributed by atoms with van der Waals surface area (Å²) in [6.07, 6.45) is 2.40. The summed E-state index contributed by atoms with van der Waals surface area (Å²) in [5, 5.41) is 0.184. The lowest BCUT2D eigenvalue weighted by atomic mass is 10.4. The lowest BCUT2D eigenvalue weighted by molar-refractivity contribution is 0.0897. The molecule has 0 saturated carbocycles. The first-order valence-electron chi connectivity index (χ1n) is 7.52. The van der Waals surface area contributed by atoms with Crippen LogP contribution in [0.2, 0.25) is 31.0 Å². The Morgan fingerprint density at radius 1 is 1.36 bits per heavy atom. The van der Waals surface area contributed by atoms with Crippen LogP contribution >= 0.6 is 11.6 Å². The third kappa shape index (κ3) is 3.96. The van der Waals surface area contributed by atoms with Gasteiger partial charge in [0, 0.05) is 21.2 Å². The Hall–Kier alpha value is -1.18. The smallest absolute Gasteiger partial charge is 0.280 e. The molecule has 0 amide bonds. The van der Waals surface area contributed by atoms with E-state index in [2.05, 4.69) is 29.6 Å². The topological polar surface area (TPSA) is 61.9 Å². The van der Waals surface area contributed by atoms with Gasteiger partial charge in [-0.2, -0.15) is 4.98 Å². The van der Waals surface area contributed by atoms with E-state index in [9.17, 15) is 4.79 Å². The van der Waals surface area contributed by atoms with Crippen molar-refractivity contribution in [2.45, 2.75) is 52.3 Å². The zero-order valence-electron chi connectivity index (χ0n) is 13.6. The summed E-state index contributed by atoms with van der Waals surface area (Å²) >= 11 is 6.05. The van der Waals surface area contributed by atoms with E-state index in [1.165, 1.54) is 4.57 Å². The molecule has 0 saturated heterocycles. The number of hydrogen-bond donors (Lipinski definition) is 0. The van der Waals surface area contributed by atoms with Crippen molar-refractivity contribution in [1.29, 1.82) is 0 Å². The molecule has 2 rings (SSSR count). The molecule has 0 bridgehead atoms. The number of fused-ring (bicyclic) bond motifs is 1. The minimum absolute atomic E-state index is 0.164. The molecule has 122 valence electrons. The first-order valence-corrected chi connectivity index (χ1v) is 11.6. The molecule has 0 fully saturated rings. The molecule has 0 N–H and O–H groups in total. The summed E-state index contributed by atoms with van der Waals surface area (Å²) in [4.78, 5) is 20.9. The van der Waals surface area contributed by atoms with Crippen LogP contribution in [0.25, 0.3) is 11.2 Å². The minimum atomic E-state index is -1.12. The van der Waals surface area contributed by atoms with E-state index in [1.54, 1.807) is 10.9 Å². The van der Waals surface area contributed by atoms with Gasteiger partial charge in [-0.05, 0) is 24.1 Å². The number of hydrogen-bond acceptors (Lipinski definition) is 4. The van der Waals surface area contributed by atoms with Crippen LogP contribution in [0.4, 0.5) is 0 Å². The molecule has 22 heavy (non-hydrogen) atoms. The molecule has 0 atom stereocenters. The molecule has 2 heterocycles. The Kier molecular flexibility index (Phi) is 5.41. The number of imidazole rings is 1. The maximum Gasteiger partial charge on any atom is 0.280 e. The van der Waals surface area contributed by atoms with Gasteiger partial charge in [-0.1, -0.05) is 26.6 Å². The van der Waals surface area contributed by atoms with Crippen molar-refractivity contribution < 1.29 is 4.74 Å². The fraction of sp³-hybridized carbons (Fsp3) is 0.643. The maximum absolute atomic E-state index is 12.5. The SMILES string of the molecule is CCCn1c(Cl)nc2ncn(COCC[Si](C)(C)C)c2c1=O. The predicted molar refractivity (Wildman–Crippen MR) is 91.2 cm³/mol. The molecule has 0 aliphatic rings. The number of nitrogens with zero attached hydrogens (tertiary/aromatic N) is 4. The van der Waals surface area contributed by atoms with Gasteiger partial charge in [-0.25, -0.2) is 4.98 Å². The quantitative estimate of drug-likeness (QED) is 0.441.